The molecule has 0 aliphatic rings. The normalized spacial score (nSPS) is 11.9. The van der Waals surface area contributed by atoms with Crippen molar-refractivity contribution in [3.05, 3.63) is 226 Å². The summed E-state index contributed by atoms with van der Waals surface area (Å²) in [7, 11) is 0. The number of aliphatic carboxylic acids is 1. The number of thiazole rings is 1. The van der Waals surface area contributed by atoms with Gasteiger partial charge in [-0.1, -0.05) is 187 Å². The van der Waals surface area contributed by atoms with Gasteiger partial charge in [0.2, 0.25) is 5.71 Å². The first-order chi connectivity index (χ1) is 26.1. The molecule has 1 aromatic heterocycles. The Labute approximate surface area is 313 Å². The lowest BCUT2D eigenvalue weighted by Gasteiger charge is -2.37. The van der Waals surface area contributed by atoms with Crippen LogP contribution in [0.4, 0.5) is 5.13 Å². The molecule has 0 amide bonds. The Morgan fingerprint density at radius 1 is 0.585 bits per heavy atom. The van der Waals surface area contributed by atoms with Crippen molar-refractivity contribution in [1.82, 2.24) is 10.3 Å². The summed E-state index contributed by atoms with van der Waals surface area (Å²) >= 11 is 1.31. The van der Waals surface area contributed by atoms with Crippen LogP contribution in [0, 0.1) is 0 Å². The lowest BCUT2D eigenvalue weighted by molar-refractivity contribution is -0.129. The van der Waals surface area contributed by atoms with E-state index in [2.05, 4.69) is 88.6 Å². The summed E-state index contributed by atoms with van der Waals surface area (Å²) in [5, 5.41) is 24.0. The molecule has 0 bridgehead atoms. The number of oxime groups is 1. The van der Waals surface area contributed by atoms with Crippen molar-refractivity contribution in [2.45, 2.75) is 11.1 Å². The molecular weight excluding hydrogens is 677 g/mol. The number of benzene rings is 6. The highest BCUT2D eigenvalue weighted by Gasteiger charge is 2.38. The van der Waals surface area contributed by atoms with E-state index in [4.69, 9.17) is 9.82 Å². The highest BCUT2D eigenvalue weighted by molar-refractivity contribution is 7.14. The number of anilines is 1. The second-order valence-corrected chi connectivity index (χ2v) is 13.2. The van der Waals surface area contributed by atoms with Crippen LogP contribution in [0.3, 0.4) is 0 Å². The fourth-order valence-corrected chi connectivity index (χ4v) is 7.59. The number of rotatable bonds is 15. The van der Waals surface area contributed by atoms with Gasteiger partial charge in [-0.3, -0.25) is 5.32 Å². The average Bonchev–Trinajstić information content (AvgIpc) is 3.69. The van der Waals surface area contributed by atoms with Crippen molar-refractivity contribution >= 4 is 28.1 Å². The summed E-state index contributed by atoms with van der Waals surface area (Å²) < 4.78 is 0. The highest BCUT2D eigenvalue weighted by atomic mass is 32.1. The Bertz CT molecular complexity index is 2040. The zero-order valence-electron chi connectivity index (χ0n) is 28.9. The molecule has 3 N–H and O–H groups in total. The maximum atomic E-state index is 12.6. The molecule has 0 atom stereocenters. The fraction of sp³-hybridized carbons (Fsp3) is 0.0889. The third kappa shape index (κ3) is 7.37. The molecule has 7 aromatic rings. The Kier molecular flexibility index (Phi) is 10.8. The van der Waals surface area contributed by atoms with Crippen LogP contribution in [0.15, 0.2) is 193 Å². The van der Waals surface area contributed by atoms with Gasteiger partial charge in [0, 0.05) is 11.9 Å². The van der Waals surface area contributed by atoms with Gasteiger partial charge in [-0.2, -0.15) is 0 Å². The van der Waals surface area contributed by atoms with E-state index >= 15 is 0 Å². The van der Waals surface area contributed by atoms with Gasteiger partial charge in [0.05, 0.1) is 5.54 Å². The maximum absolute atomic E-state index is 12.6. The number of carboxylic acids is 1. The molecule has 53 heavy (non-hydrogen) atoms. The minimum Gasteiger partial charge on any atom is -0.476 e. The van der Waals surface area contributed by atoms with Gasteiger partial charge in [0.15, 0.2) is 5.13 Å². The van der Waals surface area contributed by atoms with E-state index in [1.54, 1.807) is 5.38 Å². The molecule has 0 aliphatic heterocycles. The summed E-state index contributed by atoms with van der Waals surface area (Å²) in [4.78, 5) is 23.0. The molecule has 0 aliphatic carbocycles. The second kappa shape index (κ2) is 16.3. The van der Waals surface area contributed by atoms with E-state index in [0.29, 0.717) is 11.7 Å². The monoisotopic (exact) mass is 714 g/mol. The summed E-state index contributed by atoms with van der Waals surface area (Å²) in [6.45, 7) is 0.478. The Morgan fingerprint density at radius 2 is 0.943 bits per heavy atom. The number of nitrogens with one attached hydrogen (secondary N) is 2. The number of carboxylic acid groups (broad SMARTS) is 1. The molecule has 0 radical (unpaired) electrons. The predicted molar refractivity (Wildman–Crippen MR) is 212 cm³/mol. The number of nitrogens with zero attached hydrogens (tertiary/aromatic N) is 2. The Hall–Kier alpha value is -6.35. The van der Waals surface area contributed by atoms with Crippen molar-refractivity contribution in [3.8, 4) is 0 Å². The van der Waals surface area contributed by atoms with Crippen LogP contribution in [-0.2, 0) is 20.7 Å². The fourth-order valence-electron chi connectivity index (χ4n) is 6.84. The van der Waals surface area contributed by atoms with E-state index < -0.39 is 17.0 Å². The zero-order chi connectivity index (χ0) is 36.4. The van der Waals surface area contributed by atoms with Crippen LogP contribution in [0.1, 0.15) is 39.1 Å². The van der Waals surface area contributed by atoms with Crippen molar-refractivity contribution in [2.75, 3.05) is 18.5 Å². The first kappa shape index (κ1) is 35.1. The summed E-state index contributed by atoms with van der Waals surface area (Å²) in [5.74, 6) is -1.23. The standard InChI is InChI=1S/C45H38N4O3S/c50-42(51)41(49-52-32-31-46-44(34-19-7-1-8-20-34,35-21-9-2-10-22-35)36-23-11-3-12-24-36)40-33-53-43(47-40)48-45(37-25-13-4-14-26-37,38-27-15-5-16-28-38)39-29-17-6-18-30-39/h1-30,33,46H,31-32H2,(H,47,48)(H,50,51). The van der Waals surface area contributed by atoms with Gasteiger partial charge in [-0.05, 0) is 33.4 Å². The number of hydrogen-bond acceptors (Lipinski definition) is 7. The van der Waals surface area contributed by atoms with Crippen molar-refractivity contribution < 1.29 is 14.7 Å². The van der Waals surface area contributed by atoms with Gasteiger partial charge in [0.25, 0.3) is 0 Å². The van der Waals surface area contributed by atoms with Crippen LogP contribution >= 0.6 is 11.3 Å². The number of carbonyl (C=O) groups is 1. The molecule has 7 rings (SSSR count). The van der Waals surface area contributed by atoms with Crippen LogP contribution in [0.5, 0.6) is 0 Å². The predicted octanol–water partition coefficient (Wildman–Crippen LogP) is 8.93. The third-order valence-electron chi connectivity index (χ3n) is 9.22. The van der Waals surface area contributed by atoms with Gasteiger partial charge >= 0.3 is 5.97 Å². The quantitative estimate of drug-likeness (QED) is 0.0425. The van der Waals surface area contributed by atoms with Crippen LogP contribution in [0.2, 0.25) is 0 Å². The molecule has 0 fully saturated rings. The molecule has 8 heteroatoms. The molecule has 0 unspecified atom stereocenters. The van der Waals surface area contributed by atoms with Gasteiger partial charge in [-0.15, -0.1) is 11.3 Å². The molecular formula is C45H38N4O3S. The molecule has 0 spiro atoms. The van der Waals surface area contributed by atoms with E-state index in [1.165, 1.54) is 11.3 Å². The summed E-state index contributed by atoms with van der Waals surface area (Å²) in [5.41, 5.74) is 4.63. The maximum Gasteiger partial charge on any atom is 0.360 e. The minimum absolute atomic E-state index is 0.111. The molecule has 6 aromatic carbocycles. The summed E-state index contributed by atoms with van der Waals surface area (Å²) in [6, 6.07) is 61.3. The van der Waals surface area contributed by atoms with Crippen LogP contribution in [0.25, 0.3) is 0 Å². The van der Waals surface area contributed by atoms with E-state index in [0.717, 1.165) is 33.4 Å². The second-order valence-electron chi connectivity index (χ2n) is 12.4. The molecule has 1 heterocycles. The van der Waals surface area contributed by atoms with Crippen LogP contribution in [-0.4, -0.2) is 34.9 Å². The minimum atomic E-state index is -1.23. The SMILES string of the molecule is O=C(O)C(=NOCCNC(c1ccccc1)(c1ccccc1)c1ccccc1)c1csc(NC(c2ccccc2)(c2ccccc2)c2ccccc2)n1. The van der Waals surface area contributed by atoms with Crippen molar-refractivity contribution in [2.24, 2.45) is 5.16 Å². The number of aromatic nitrogens is 1. The third-order valence-corrected chi connectivity index (χ3v) is 9.98. The van der Waals surface area contributed by atoms with Gasteiger partial charge in [-0.25, -0.2) is 9.78 Å². The van der Waals surface area contributed by atoms with E-state index in [1.807, 2.05) is 109 Å². The molecule has 262 valence electrons. The lowest BCUT2D eigenvalue weighted by atomic mass is 9.77. The number of hydrogen-bond donors (Lipinski definition) is 3. The largest absolute Gasteiger partial charge is 0.476 e. The lowest BCUT2D eigenvalue weighted by Crippen LogP contribution is -2.46. The van der Waals surface area contributed by atoms with E-state index in [9.17, 15) is 9.90 Å². The zero-order valence-corrected chi connectivity index (χ0v) is 29.7. The van der Waals surface area contributed by atoms with Crippen LogP contribution < -0.4 is 10.6 Å². The molecule has 0 saturated carbocycles. The smallest absolute Gasteiger partial charge is 0.360 e. The Morgan fingerprint density at radius 3 is 1.30 bits per heavy atom. The molecule has 7 nitrogen and oxygen atoms in total. The highest BCUT2D eigenvalue weighted by Crippen LogP contribution is 2.41. The van der Waals surface area contributed by atoms with Gasteiger partial charge < -0.3 is 15.3 Å². The topological polar surface area (TPSA) is 95.8 Å². The summed E-state index contributed by atoms with van der Waals surface area (Å²) in [6.07, 6.45) is 0. The van der Waals surface area contributed by atoms with Crippen molar-refractivity contribution in [3.63, 3.8) is 0 Å². The first-order valence-electron chi connectivity index (χ1n) is 17.4. The van der Waals surface area contributed by atoms with Gasteiger partial charge in [0.1, 0.15) is 17.8 Å². The average molecular weight is 715 g/mol. The Balaban J connectivity index is 1.15. The van der Waals surface area contributed by atoms with Crippen molar-refractivity contribution in [1.29, 1.82) is 0 Å². The molecule has 0 saturated heterocycles. The van der Waals surface area contributed by atoms with E-state index in [-0.39, 0.29) is 18.0 Å². The first-order valence-corrected chi connectivity index (χ1v) is 18.2.